The predicted molar refractivity (Wildman–Crippen MR) is 87.7 cm³/mol. The van der Waals surface area contributed by atoms with Crippen LogP contribution >= 0.6 is 0 Å². The van der Waals surface area contributed by atoms with Gasteiger partial charge in [0.2, 0.25) is 0 Å². The van der Waals surface area contributed by atoms with E-state index in [0.29, 0.717) is 0 Å². The van der Waals surface area contributed by atoms with Crippen LogP contribution in [0.25, 0.3) is 0 Å². The van der Waals surface area contributed by atoms with Gasteiger partial charge >= 0.3 is 6.18 Å². The number of hydrogen-bond donors (Lipinski definition) is 1. The molecule has 1 atom stereocenters. The number of aliphatic hydroxyl groups is 1. The third kappa shape index (κ3) is 3.26. The summed E-state index contributed by atoms with van der Waals surface area (Å²) >= 11 is 0. The van der Waals surface area contributed by atoms with E-state index in [-0.39, 0.29) is 10.6 Å². The number of halogens is 3. The van der Waals surface area contributed by atoms with Gasteiger partial charge in [-0.2, -0.15) is 23.3 Å². The van der Waals surface area contributed by atoms with Gasteiger partial charge in [-0.3, -0.25) is 14.9 Å². The molecule has 1 heterocycles. The summed E-state index contributed by atoms with van der Waals surface area (Å²) < 4.78 is 39.5. The van der Waals surface area contributed by atoms with Crippen LogP contribution < -0.4 is 0 Å². The molecule has 0 saturated heterocycles. The molecule has 27 heavy (non-hydrogen) atoms. The van der Waals surface area contributed by atoms with Crippen molar-refractivity contribution in [2.24, 2.45) is 5.10 Å². The Bertz CT molecular complexity index is 931. The summed E-state index contributed by atoms with van der Waals surface area (Å²) in [4.78, 5) is 23.1. The summed E-state index contributed by atoms with van der Waals surface area (Å²) in [5.41, 5.74) is -4.87. The van der Waals surface area contributed by atoms with Crippen LogP contribution in [0.5, 0.6) is 0 Å². The number of hydrogen-bond acceptors (Lipinski definition) is 5. The van der Waals surface area contributed by atoms with E-state index < -0.39 is 46.1 Å². The molecule has 10 heteroatoms. The second-order valence-corrected chi connectivity index (χ2v) is 5.80. The number of rotatable bonds is 3. The molecule has 1 amide bonds. The van der Waals surface area contributed by atoms with Gasteiger partial charge < -0.3 is 5.11 Å². The second kappa shape index (κ2) is 6.47. The number of alkyl halides is 3. The molecule has 0 bridgehead atoms. The average Bonchev–Trinajstić information content (AvgIpc) is 3.01. The Morgan fingerprint density at radius 1 is 1.15 bits per heavy atom. The molecular weight excluding hydrogens is 367 g/mol. The minimum absolute atomic E-state index is 0.0000609. The second-order valence-electron chi connectivity index (χ2n) is 5.80. The van der Waals surface area contributed by atoms with Crippen molar-refractivity contribution in [3.63, 3.8) is 0 Å². The molecule has 0 saturated carbocycles. The Morgan fingerprint density at radius 2 is 1.74 bits per heavy atom. The maximum absolute atomic E-state index is 13.2. The van der Waals surface area contributed by atoms with E-state index in [1.165, 1.54) is 36.4 Å². The molecule has 0 aliphatic carbocycles. The fourth-order valence-corrected chi connectivity index (χ4v) is 2.77. The lowest BCUT2D eigenvalue weighted by Crippen LogP contribution is -2.44. The number of hydrazone groups is 1. The molecule has 1 N–H and O–H groups in total. The maximum Gasteiger partial charge on any atom is 0.431 e. The van der Waals surface area contributed by atoms with Crippen molar-refractivity contribution in [1.82, 2.24) is 5.01 Å². The molecule has 0 unspecified atom stereocenters. The quantitative estimate of drug-likeness (QED) is 0.654. The number of nitrogens with zero attached hydrogens (tertiary/aromatic N) is 3. The van der Waals surface area contributed by atoms with Crippen molar-refractivity contribution in [3.8, 4) is 0 Å². The third-order valence-corrected chi connectivity index (χ3v) is 4.07. The van der Waals surface area contributed by atoms with E-state index in [9.17, 15) is 33.2 Å². The van der Waals surface area contributed by atoms with Crippen molar-refractivity contribution >= 4 is 17.3 Å². The van der Waals surface area contributed by atoms with Crippen LogP contribution in [0.1, 0.15) is 22.3 Å². The Labute approximate surface area is 150 Å². The lowest BCUT2D eigenvalue weighted by Gasteiger charge is -2.31. The molecule has 2 aromatic rings. The molecule has 0 fully saturated rings. The van der Waals surface area contributed by atoms with Crippen molar-refractivity contribution in [3.05, 3.63) is 75.8 Å². The minimum atomic E-state index is -4.87. The summed E-state index contributed by atoms with van der Waals surface area (Å²) in [6.07, 6.45) is -5.87. The monoisotopic (exact) mass is 379 g/mol. The molecule has 140 valence electrons. The number of para-hydroxylation sites is 1. The van der Waals surface area contributed by atoms with E-state index in [4.69, 9.17) is 0 Å². The first-order valence-corrected chi connectivity index (χ1v) is 7.65. The number of carbonyl (C=O) groups excluding carboxylic acids is 1. The van der Waals surface area contributed by atoms with Gasteiger partial charge in [0, 0.05) is 11.6 Å². The summed E-state index contributed by atoms with van der Waals surface area (Å²) in [6, 6.07) is 12.0. The van der Waals surface area contributed by atoms with Gasteiger partial charge in [0.1, 0.15) is 11.3 Å². The van der Waals surface area contributed by atoms with Gasteiger partial charge in [-0.15, -0.1) is 0 Å². The highest BCUT2D eigenvalue weighted by atomic mass is 19.4. The van der Waals surface area contributed by atoms with E-state index in [1.54, 1.807) is 6.07 Å². The Hall–Kier alpha value is -3.27. The van der Waals surface area contributed by atoms with Crippen LogP contribution in [0.4, 0.5) is 18.9 Å². The maximum atomic E-state index is 13.2. The highest BCUT2D eigenvalue weighted by Crippen LogP contribution is 2.40. The summed E-state index contributed by atoms with van der Waals surface area (Å²) in [5, 5.41) is 25.6. The number of amides is 1. The zero-order chi connectivity index (χ0) is 19.8. The molecular formula is C17H12F3N3O4. The van der Waals surface area contributed by atoms with Gasteiger partial charge in [-0.05, 0) is 6.07 Å². The fraction of sp³-hybridized carbons (Fsp3) is 0.176. The van der Waals surface area contributed by atoms with Gasteiger partial charge in [0.05, 0.1) is 11.3 Å². The predicted octanol–water partition coefficient (Wildman–Crippen LogP) is 3.20. The molecule has 0 aromatic heterocycles. The van der Waals surface area contributed by atoms with Crippen molar-refractivity contribution < 1.29 is 28.0 Å². The zero-order valence-electron chi connectivity index (χ0n) is 13.6. The first kappa shape index (κ1) is 18.5. The number of nitro benzene ring substituents is 1. The Morgan fingerprint density at radius 3 is 2.33 bits per heavy atom. The molecule has 0 radical (unpaired) electrons. The van der Waals surface area contributed by atoms with Crippen LogP contribution in [0, 0.1) is 10.1 Å². The number of carbonyl (C=O) groups is 1. The average molecular weight is 379 g/mol. The molecule has 3 rings (SSSR count). The molecule has 1 aliphatic heterocycles. The molecule has 2 aromatic carbocycles. The fourth-order valence-electron chi connectivity index (χ4n) is 2.77. The lowest BCUT2D eigenvalue weighted by molar-refractivity contribution is -0.385. The summed E-state index contributed by atoms with van der Waals surface area (Å²) in [6.45, 7) is 0. The number of benzene rings is 2. The van der Waals surface area contributed by atoms with Gasteiger partial charge in [-0.25, -0.2) is 0 Å². The van der Waals surface area contributed by atoms with E-state index in [1.807, 2.05) is 0 Å². The van der Waals surface area contributed by atoms with E-state index in [2.05, 4.69) is 5.10 Å². The van der Waals surface area contributed by atoms with Crippen molar-refractivity contribution in [2.75, 3.05) is 0 Å². The highest BCUT2D eigenvalue weighted by Gasteiger charge is 2.53. The van der Waals surface area contributed by atoms with Gasteiger partial charge in [0.25, 0.3) is 11.6 Å². The largest absolute Gasteiger partial charge is 0.431 e. The Balaban J connectivity index is 2.13. The molecule has 7 nitrogen and oxygen atoms in total. The van der Waals surface area contributed by atoms with Crippen molar-refractivity contribution in [1.29, 1.82) is 0 Å². The van der Waals surface area contributed by atoms with Crippen LogP contribution in [-0.4, -0.2) is 32.8 Å². The SMILES string of the molecule is O=C(c1ccccc1[N+](=O)[O-])N1N=C(C(F)(F)F)C[C@@]1(O)c1ccccc1. The lowest BCUT2D eigenvalue weighted by atomic mass is 9.96. The van der Waals surface area contributed by atoms with Crippen molar-refractivity contribution in [2.45, 2.75) is 18.3 Å². The van der Waals surface area contributed by atoms with Crippen LogP contribution in [0.3, 0.4) is 0 Å². The third-order valence-electron chi connectivity index (χ3n) is 4.07. The molecule has 1 aliphatic rings. The van der Waals surface area contributed by atoms with E-state index >= 15 is 0 Å². The highest BCUT2D eigenvalue weighted by molar-refractivity contribution is 6.02. The Kier molecular flexibility index (Phi) is 4.44. The first-order chi connectivity index (χ1) is 12.6. The van der Waals surface area contributed by atoms with Gasteiger partial charge in [0.15, 0.2) is 5.72 Å². The normalized spacial score (nSPS) is 19.7. The topological polar surface area (TPSA) is 96.0 Å². The smallest absolute Gasteiger partial charge is 0.365 e. The van der Waals surface area contributed by atoms with Crippen LogP contribution in [0.15, 0.2) is 59.7 Å². The first-order valence-electron chi connectivity index (χ1n) is 7.65. The van der Waals surface area contributed by atoms with Gasteiger partial charge in [-0.1, -0.05) is 42.5 Å². The molecule has 0 spiro atoms. The summed E-state index contributed by atoms with van der Waals surface area (Å²) in [5.74, 6) is -1.21. The summed E-state index contributed by atoms with van der Waals surface area (Å²) in [7, 11) is 0. The van der Waals surface area contributed by atoms with E-state index in [0.717, 1.165) is 12.1 Å². The standard InChI is InChI=1S/C17H12F3N3O4/c18-17(19,20)14-10-16(25,11-6-2-1-3-7-11)22(21-14)15(24)12-8-4-5-9-13(12)23(26)27/h1-9,25H,10H2/t16-/m1/s1. The van der Waals surface area contributed by atoms with Crippen LogP contribution in [0.2, 0.25) is 0 Å². The minimum Gasteiger partial charge on any atom is -0.365 e. The number of nitro groups is 1. The zero-order valence-corrected chi connectivity index (χ0v) is 13.6. The van der Waals surface area contributed by atoms with Crippen LogP contribution in [-0.2, 0) is 5.72 Å².